The van der Waals surface area contributed by atoms with Crippen LogP contribution in [0.5, 0.6) is 17.2 Å². The van der Waals surface area contributed by atoms with Gasteiger partial charge in [-0.15, -0.1) is 5.10 Å². The molecule has 1 aliphatic heterocycles. The summed E-state index contributed by atoms with van der Waals surface area (Å²) in [6, 6.07) is 10.6. The number of ether oxygens (including phenoxy) is 3. The minimum absolute atomic E-state index is 0.277. The van der Waals surface area contributed by atoms with E-state index in [0.717, 1.165) is 17.7 Å². The van der Waals surface area contributed by atoms with Gasteiger partial charge in [0.25, 0.3) is 5.91 Å². The first kappa shape index (κ1) is 27.8. The average Bonchev–Trinajstić information content (AvgIpc) is 3.30. The Morgan fingerprint density at radius 2 is 1.89 bits per heavy atom. The number of methoxy groups -OCH3 is 1. The van der Waals surface area contributed by atoms with E-state index < -0.39 is 6.04 Å². The first-order valence-corrected chi connectivity index (χ1v) is 14.3. The van der Waals surface area contributed by atoms with Crippen molar-refractivity contribution in [1.29, 1.82) is 0 Å². The van der Waals surface area contributed by atoms with Crippen LogP contribution in [0.1, 0.15) is 45.7 Å². The van der Waals surface area contributed by atoms with Gasteiger partial charge < -0.3 is 24.8 Å². The molecule has 1 atom stereocenters. The van der Waals surface area contributed by atoms with Crippen molar-refractivity contribution < 1.29 is 19.0 Å². The molecule has 0 radical (unpaired) electrons. The topological polar surface area (TPSA) is 99.5 Å². The summed E-state index contributed by atoms with van der Waals surface area (Å²) in [5.41, 5.74) is 2.56. The highest BCUT2D eigenvalue weighted by atomic mass is 79.9. The Bertz CT molecular complexity index is 1340. The summed E-state index contributed by atoms with van der Waals surface area (Å²) in [5, 5.41) is 11.8. The summed E-state index contributed by atoms with van der Waals surface area (Å²) in [5.74, 6) is 2.94. The van der Waals surface area contributed by atoms with Gasteiger partial charge in [-0.25, -0.2) is 4.68 Å². The highest BCUT2D eigenvalue weighted by Gasteiger charge is 2.35. The predicted molar refractivity (Wildman–Crippen MR) is 154 cm³/mol. The maximum absolute atomic E-state index is 13.9. The van der Waals surface area contributed by atoms with Crippen LogP contribution in [-0.4, -0.2) is 46.7 Å². The standard InChI is InChI=1S/C27H32BrN5O4S/c1-6-13-38-27-31-26-29-16(4)22(25(34)30-19-11-9-10-12-20(19)36-7-2)23(33(26)32-27)17-14-18(28)24(35-5)21(15-17)37-8-3/h9-12,14-15,23H,6-8,13H2,1-5H3,(H,30,34)(H,29,31,32). The molecular weight excluding hydrogens is 570 g/mol. The van der Waals surface area contributed by atoms with Gasteiger partial charge in [0, 0.05) is 11.4 Å². The third kappa shape index (κ3) is 5.78. The van der Waals surface area contributed by atoms with Crippen molar-refractivity contribution in [3.8, 4) is 17.2 Å². The Balaban J connectivity index is 1.83. The number of halogens is 1. The molecule has 1 aromatic heterocycles. The van der Waals surface area contributed by atoms with Crippen LogP contribution >= 0.6 is 27.7 Å². The van der Waals surface area contributed by atoms with Gasteiger partial charge in [0.1, 0.15) is 11.8 Å². The molecule has 0 saturated heterocycles. The molecule has 38 heavy (non-hydrogen) atoms. The molecule has 0 bridgehead atoms. The Hall–Kier alpha value is -3.18. The molecule has 2 heterocycles. The van der Waals surface area contributed by atoms with Crippen LogP contribution in [0.3, 0.4) is 0 Å². The monoisotopic (exact) mass is 601 g/mol. The van der Waals surface area contributed by atoms with E-state index >= 15 is 0 Å². The van der Waals surface area contributed by atoms with Crippen LogP contribution in [0.2, 0.25) is 0 Å². The van der Waals surface area contributed by atoms with Gasteiger partial charge >= 0.3 is 0 Å². The number of allylic oxidation sites excluding steroid dienone is 1. The molecule has 11 heteroatoms. The third-order valence-corrected chi connectivity index (χ3v) is 7.43. The second-order valence-corrected chi connectivity index (χ2v) is 10.3. The molecule has 1 unspecified atom stereocenters. The minimum Gasteiger partial charge on any atom is -0.492 e. The van der Waals surface area contributed by atoms with Crippen molar-refractivity contribution in [2.45, 2.75) is 45.3 Å². The highest BCUT2D eigenvalue weighted by molar-refractivity contribution is 9.10. The van der Waals surface area contributed by atoms with E-state index in [1.165, 1.54) is 0 Å². The van der Waals surface area contributed by atoms with Gasteiger partial charge in [-0.2, -0.15) is 4.98 Å². The number of benzene rings is 2. The Labute approximate surface area is 235 Å². The Kier molecular flexibility index (Phi) is 9.22. The largest absolute Gasteiger partial charge is 0.492 e. The number of rotatable bonds is 11. The fraction of sp³-hybridized carbons (Fsp3) is 0.370. The van der Waals surface area contributed by atoms with Crippen molar-refractivity contribution in [3.63, 3.8) is 0 Å². The zero-order valence-corrected chi connectivity index (χ0v) is 24.5. The smallest absolute Gasteiger partial charge is 0.255 e. The van der Waals surface area contributed by atoms with Crippen LogP contribution in [0.25, 0.3) is 0 Å². The number of hydrogen-bond acceptors (Lipinski definition) is 8. The number of nitrogens with one attached hydrogen (secondary N) is 2. The second kappa shape index (κ2) is 12.6. The number of carbonyl (C=O) groups excluding carboxylic acids is 1. The predicted octanol–water partition coefficient (Wildman–Crippen LogP) is 6.28. The second-order valence-electron chi connectivity index (χ2n) is 8.43. The van der Waals surface area contributed by atoms with Gasteiger partial charge in [0.15, 0.2) is 11.5 Å². The van der Waals surface area contributed by atoms with E-state index in [-0.39, 0.29) is 5.91 Å². The minimum atomic E-state index is -0.574. The molecule has 2 N–H and O–H groups in total. The fourth-order valence-electron chi connectivity index (χ4n) is 4.24. The number of hydrogen-bond donors (Lipinski definition) is 2. The summed E-state index contributed by atoms with van der Waals surface area (Å²) in [4.78, 5) is 18.6. The van der Waals surface area contributed by atoms with Crippen LogP contribution in [0.4, 0.5) is 11.6 Å². The summed E-state index contributed by atoms with van der Waals surface area (Å²) in [6.07, 6.45) is 0.999. The molecule has 0 spiro atoms. The van der Waals surface area contributed by atoms with E-state index in [4.69, 9.17) is 24.3 Å². The molecule has 1 aliphatic rings. The fourth-order valence-corrected chi connectivity index (χ4v) is 5.54. The molecule has 4 rings (SSSR count). The maximum atomic E-state index is 13.9. The van der Waals surface area contributed by atoms with Crippen LogP contribution < -0.4 is 24.8 Å². The zero-order valence-electron chi connectivity index (χ0n) is 22.1. The first-order chi connectivity index (χ1) is 18.4. The van der Waals surface area contributed by atoms with Crippen LogP contribution in [0.15, 0.2) is 57.3 Å². The summed E-state index contributed by atoms with van der Waals surface area (Å²) < 4.78 is 19.7. The molecule has 0 aliphatic carbocycles. The molecule has 0 saturated carbocycles. The first-order valence-electron chi connectivity index (χ1n) is 12.5. The van der Waals surface area contributed by atoms with Gasteiger partial charge in [0.2, 0.25) is 11.1 Å². The lowest BCUT2D eigenvalue weighted by molar-refractivity contribution is -0.113. The molecule has 9 nitrogen and oxygen atoms in total. The number of fused-ring (bicyclic) bond motifs is 1. The summed E-state index contributed by atoms with van der Waals surface area (Å²) >= 11 is 5.20. The molecule has 0 fully saturated rings. The van der Waals surface area contributed by atoms with Gasteiger partial charge in [-0.3, -0.25) is 4.79 Å². The normalized spacial score (nSPS) is 14.5. The zero-order chi connectivity index (χ0) is 27.2. The number of thioether (sulfide) groups is 1. The van der Waals surface area contributed by atoms with E-state index in [1.807, 2.05) is 57.2 Å². The number of carbonyl (C=O) groups is 1. The van der Waals surface area contributed by atoms with E-state index in [9.17, 15) is 4.79 Å². The number of nitrogens with zero attached hydrogens (tertiary/aromatic N) is 3. The van der Waals surface area contributed by atoms with Crippen molar-refractivity contribution in [2.24, 2.45) is 0 Å². The van der Waals surface area contributed by atoms with Crippen LogP contribution in [0, 0.1) is 0 Å². The van der Waals surface area contributed by atoms with E-state index in [2.05, 4.69) is 33.5 Å². The third-order valence-electron chi connectivity index (χ3n) is 5.80. The molecule has 3 aromatic rings. The lowest BCUT2D eigenvalue weighted by Gasteiger charge is -2.29. The lowest BCUT2D eigenvalue weighted by atomic mass is 9.94. The van der Waals surface area contributed by atoms with Crippen molar-refractivity contribution in [2.75, 3.05) is 36.7 Å². The quantitative estimate of drug-likeness (QED) is 0.248. The van der Waals surface area contributed by atoms with Gasteiger partial charge in [0.05, 0.1) is 36.1 Å². The van der Waals surface area contributed by atoms with Crippen molar-refractivity contribution in [3.05, 3.63) is 57.7 Å². The molecular formula is C27H32BrN5O4S. The molecule has 1 amide bonds. The number of aromatic nitrogens is 3. The lowest BCUT2D eigenvalue weighted by Crippen LogP contribution is -2.31. The van der Waals surface area contributed by atoms with E-state index in [0.29, 0.717) is 63.0 Å². The Morgan fingerprint density at radius 1 is 1.16 bits per heavy atom. The highest BCUT2D eigenvalue weighted by Crippen LogP contribution is 2.43. The van der Waals surface area contributed by atoms with Crippen molar-refractivity contribution >= 4 is 45.2 Å². The van der Waals surface area contributed by atoms with Crippen LogP contribution in [-0.2, 0) is 4.79 Å². The molecule has 202 valence electrons. The van der Waals surface area contributed by atoms with E-state index in [1.54, 1.807) is 23.6 Å². The SMILES string of the molecule is CCCSc1nc2n(n1)C(c1cc(Br)c(OC)c(OCC)c1)C(C(=O)Nc1ccccc1OCC)=C(C)N2. The van der Waals surface area contributed by atoms with Crippen molar-refractivity contribution in [1.82, 2.24) is 14.8 Å². The van der Waals surface area contributed by atoms with Gasteiger partial charge in [-0.1, -0.05) is 30.8 Å². The average molecular weight is 603 g/mol. The number of anilines is 2. The molecule has 2 aromatic carbocycles. The number of para-hydroxylation sites is 2. The number of amides is 1. The maximum Gasteiger partial charge on any atom is 0.255 e. The summed E-state index contributed by atoms with van der Waals surface area (Å²) in [7, 11) is 1.60. The summed E-state index contributed by atoms with van der Waals surface area (Å²) in [6.45, 7) is 8.75. The Morgan fingerprint density at radius 3 is 2.61 bits per heavy atom. The van der Waals surface area contributed by atoms with Gasteiger partial charge in [-0.05, 0) is 73.0 Å².